The first-order valence-corrected chi connectivity index (χ1v) is 10.5. The van der Waals surface area contributed by atoms with Gasteiger partial charge >= 0.3 is 0 Å². The highest BCUT2D eigenvalue weighted by Gasteiger charge is 2.37. The Kier molecular flexibility index (Phi) is 4.50. The van der Waals surface area contributed by atoms with Crippen molar-refractivity contribution in [2.75, 3.05) is 49.1 Å². The zero-order valence-corrected chi connectivity index (χ0v) is 16.6. The number of aromatic nitrogens is 1. The van der Waals surface area contributed by atoms with Crippen LogP contribution in [0.5, 0.6) is 5.75 Å². The van der Waals surface area contributed by atoms with E-state index in [9.17, 15) is 14.3 Å². The Hall–Kier alpha value is -2.87. The van der Waals surface area contributed by atoms with Gasteiger partial charge in [-0.15, -0.1) is 0 Å². The quantitative estimate of drug-likeness (QED) is 0.717. The monoisotopic (exact) mass is 412 g/mol. The van der Waals surface area contributed by atoms with Gasteiger partial charge in [-0.3, -0.25) is 4.79 Å². The van der Waals surface area contributed by atoms with Gasteiger partial charge in [-0.05, 0) is 24.3 Å². The van der Waals surface area contributed by atoms with Gasteiger partial charge in [0.05, 0.1) is 16.3 Å². The van der Waals surface area contributed by atoms with E-state index >= 15 is 0 Å². The lowest BCUT2D eigenvalue weighted by Crippen LogP contribution is -2.58. The highest BCUT2D eigenvalue weighted by Crippen LogP contribution is 2.34. The molecule has 3 heterocycles. The Morgan fingerprint density at radius 3 is 2.52 bits per heavy atom. The molecule has 2 fully saturated rings. The van der Waals surface area contributed by atoms with Crippen LogP contribution in [0.15, 0.2) is 42.5 Å². The molecular weight excluding hydrogens is 391 g/mol. The van der Waals surface area contributed by atoms with E-state index in [-0.39, 0.29) is 23.4 Å². The summed E-state index contributed by atoms with van der Waals surface area (Å²) in [5, 5.41) is 10.8. The lowest BCUT2D eigenvalue weighted by molar-refractivity contribution is -0.136. The smallest absolute Gasteiger partial charge is 0.229 e. The molecule has 1 aromatic heterocycles. The van der Waals surface area contributed by atoms with Crippen molar-refractivity contribution in [3.8, 4) is 5.75 Å². The summed E-state index contributed by atoms with van der Waals surface area (Å²) in [6, 6.07) is 12.3. The van der Waals surface area contributed by atoms with Gasteiger partial charge in [0.15, 0.2) is 5.13 Å². The predicted octanol–water partition coefficient (Wildman–Crippen LogP) is 2.93. The maximum absolute atomic E-state index is 13.9. The minimum absolute atomic E-state index is 0.0384. The maximum Gasteiger partial charge on any atom is 0.229 e. The van der Waals surface area contributed by atoms with Crippen LogP contribution in [0.2, 0.25) is 0 Å². The lowest BCUT2D eigenvalue weighted by atomic mass is 9.99. The van der Waals surface area contributed by atoms with Crippen molar-refractivity contribution in [2.45, 2.75) is 0 Å². The topological polar surface area (TPSA) is 59.9 Å². The van der Waals surface area contributed by atoms with E-state index in [4.69, 9.17) is 0 Å². The summed E-state index contributed by atoms with van der Waals surface area (Å²) >= 11 is 1.46. The van der Waals surface area contributed by atoms with Crippen LogP contribution in [0.3, 0.4) is 0 Å². The number of hydrogen-bond donors (Lipinski definition) is 1. The van der Waals surface area contributed by atoms with Gasteiger partial charge in [0.25, 0.3) is 0 Å². The Labute approximate surface area is 171 Å². The number of rotatable bonds is 3. The van der Waals surface area contributed by atoms with Gasteiger partial charge in [0, 0.05) is 39.3 Å². The molecule has 2 saturated heterocycles. The van der Waals surface area contributed by atoms with Gasteiger partial charge in [0.1, 0.15) is 17.1 Å². The van der Waals surface area contributed by atoms with Crippen LogP contribution < -0.4 is 9.80 Å². The van der Waals surface area contributed by atoms with Crippen LogP contribution in [0.4, 0.5) is 15.2 Å². The van der Waals surface area contributed by atoms with Gasteiger partial charge in [-0.25, -0.2) is 9.37 Å². The molecule has 2 aliphatic heterocycles. The fraction of sp³-hybridized carbons (Fsp3) is 0.333. The number of carbonyl (C=O) groups is 1. The number of hydrogen-bond acceptors (Lipinski definition) is 6. The van der Waals surface area contributed by atoms with Crippen molar-refractivity contribution in [1.29, 1.82) is 0 Å². The van der Waals surface area contributed by atoms with Gasteiger partial charge in [-0.1, -0.05) is 29.5 Å². The highest BCUT2D eigenvalue weighted by atomic mass is 32.1. The van der Waals surface area contributed by atoms with Crippen LogP contribution in [0, 0.1) is 11.7 Å². The highest BCUT2D eigenvalue weighted by molar-refractivity contribution is 7.22. The van der Waals surface area contributed by atoms with Crippen LogP contribution in [0.25, 0.3) is 10.2 Å². The second-order valence-electron chi connectivity index (χ2n) is 7.49. The molecule has 5 rings (SSSR count). The minimum Gasteiger partial charge on any atom is -0.506 e. The normalized spacial score (nSPS) is 17.6. The van der Waals surface area contributed by atoms with Crippen LogP contribution >= 0.6 is 11.3 Å². The van der Waals surface area contributed by atoms with E-state index in [1.54, 1.807) is 18.2 Å². The van der Waals surface area contributed by atoms with Crippen molar-refractivity contribution >= 4 is 38.3 Å². The molecule has 0 atom stereocenters. The third kappa shape index (κ3) is 3.27. The zero-order valence-electron chi connectivity index (χ0n) is 15.8. The van der Waals surface area contributed by atoms with E-state index in [0.717, 1.165) is 15.5 Å². The number of halogens is 1. The predicted molar refractivity (Wildman–Crippen MR) is 112 cm³/mol. The van der Waals surface area contributed by atoms with E-state index in [1.807, 2.05) is 28.0 Å². The number of fused-ring (bicyclic) bond motifs is 1. The van der Waals surface area contributed by atoms with E-state index in [1.165, 1.54) is 17.4 Å². The third-order valence-electron chi connectivity index (χ3n) is 5.67. The first-order chi connectivity index (χ1) is 14.1. The summed E-state index contributed by atoms with van der Waals surface area (Å²) in [6.07, 6.45) is 0. The van der Waals surface area contributed by atoms with Gasteiger partial charge < -0.3 is 19.8 Å². The molecular formula is C21H21FN4O2S. The van der Waals surface area contributed by atoms with Crippen molar-refractivity contribution in [3.63, 3.8) is 0 Å². The average molecular weight is 412 g/mol. The molecule has 3 aromatic rings. The average Bonchev–Trinajstić information content (AvgIpc) is 3.12. The molecule has 0 spiro atoms. The number of carbonyl (C=O) groups excluding carboxylic acids is 1. The molecule has 1 amide bonds. The minimum atomic E-state index is -0.305. The fourth-order valence-corrected chi connectivity index (χ4v) is 4.99. The molecule has 0 aliphatic carbocycles. The van der Waals surface area contributed by atoms with Gasteiger partial charge in [-0.2, -0.15) is 0 Å². The fourth-order valence-electron chi connectivity index (χ4n) is 3.99. The Morgan fingerprint density at radius 1 is 1.03 bits per heavy atom. The van der Waals surface area contributed by atoms with Crippen molar-refractivity contribution in [3.05, 3.63) is 48.3 Å². The summed E-state index contributed by atoms with van der Waals surface area (Å²) < 4.78 is 14.7. The number of phenolic OH excluding ortho intramolecular Hbond substituents is 1. The van der Waals surface area contributed by atoms with Crippen molar-refractivity contribution < 1.29 is 14.3 Å². The second-order valence-corrected chi connectivity index (χ2v) is 8.50. The van der Waals surface area contributed by atoms with Crippen LogP contribution in [0.1, 0.15) is 0 Å². The molecule has 0 bridgehead atoms. The molecule has 1 N–H and O–H groups in total. The molecule has 0 radical (unpaired) electrons. The molecule has 29 heavy (non-hydrogen) atoms. The molecule has 2 aliphatic rings. The standard InChI is InChI=1S/C21H21FN4O2S/c22-15-4-3-7-18-19(15)23-21(29-18)26-12-14(13-26)20(28)25-10-8-24(9-11-25)16-5-1-2-6-17(16)27/h1-7,14,27H,8-13H2. The number of anilines is 2. The SMILES string of the molecule is O=C(C1CN(c2nc3c(F)cccc3s2)C1)N1CCN(c2ccccc2O)CC1. The maximum atomic E-state index is 13.9. The van der Waals surface area contributed by atoms with E-state index < -0.39 is 0 Å². The largest absolute Gasteiger partial charge is 0.506 e. The van der Waals surface area contributed by atoms with Crippen molar-refractivity contribution in [1.82, 2.24) is 9.88 Å². The summed E-state index contributed by atoms with van der Waals surface area (Å²) in [4.78, 5) is 23.3. The number of amides is 1. The third-order valence-corrected chi connectivity index (χ3v) is 6.75. The second kappa shape index (κ2) is 7.18. The zero-order chi connectivity index (χ0) is 20.0. The number of aromatic hydroxyl groups is 1. The summed E-state index contributed by atoms with van der Waals surface area (Å²) in [5.41, 5.74) is 1.22. The Balaban J connectivity index is 1.18. The number of benzene rings is 2. The van der Waals surface area contributed by atoms with Gasteiger partial charge in [0.2, 0.25) is 5.91 Å². The van der Waals surface area contributed by atoms with Crippen molar-refractivity contribution in [2.24, 2.45) is 5.92 Å². The molecule has 150 valence electrons. The number of nitrogens with zero attached hydrogens (tertiary/aromatic N) is 4. The molecule has 0 saturated carbocycles. The number of thiazole rings is 1. The first kappa shape index (κ1) is 18.2. The summed E-state index contributed by atoms with van der Waals surface area (Å²) in [6.45, 7) is 3.96. The molecule has 2 aromatic carbocycles. The van der Waals surface area contributed by atoms with Crippen LogP contribution in [-0.4, -0.2) is 60.2 Å². The lowest BCUT2D eigenvalue weighted by Gasteiger charge is -2.43. The van der Waals surface area contributed by atoms with Crippen LogP contribution in [-0.2, 0) is 4.79 Å². The Bertz CT molecular complexity index is 1060. The number of piperazine rings is 1. The number of para-hydroxylation sites is 3. The van der Waals surface area contributed by atoms with E-state index in [2.05, 4.69) is 9.88 Å². The molecule has 6 nitrogen and oxygen atoms in total. The van der Waals surface area contributed by atoms with E-state index in [0.29, 0.717) is 44.8 Å². The summed E-state index contributed by atoms with van der Waals surface area (Å²) in [7, 11) is 0. The number of phenols is 1. The molecule has 0 unspecified atom stereocenters. The summed E-state index contributed by atoms with van der Waals surface area (Å²) in [5.74, 6) is 0.101. The molecule has 8 heteroatoms. The Morgan fingerprint density at radius 2 is 1.79 bits per heavy atom. The first-order valence-electron chi connectivity index (χ1n) is 9.72.